The van der Waals surface area contributed by atoms with Gasteiger partial charge in [-0.05, 0) is 72.8 Å². The standard InChI is InChI=1S/C24H28.2C3H8.4C2H6.3Y/c1-15-9-12-22-20(13-15)14-17(3)18(4)24(22)23-16(2)10-11-19-7-5-6-8-21(19)23;2*1-3-2;4*1-2;;;/h6-8,10,14-16,23H,9,11-13H2,1-4H3;2*3H2,1-2H3;4*1-2H3;;;/q-2;;;;;;;;;/t15-,16?,23+;;;;;;;;;/m1........./s1. The van der Waals surface area contributed by atoms with Gasteiger partial charge >= 0.3 is 0 Å². The zero-order valence-corrected chi connectivity index (χ0v) is 39.1. The van der Waals surface area contributed by atoms with E-state index in [0.29, 0.717) is 11.8 Å². The van der Waals surface area contributed by atoms with Crippen LogP contribution in [0.2, 0.25) is 0 Å². The van der Waals surface area contributed by atoms with Crippen LogP contribution in [0.25, 0.3) is 0 Å². The fraction of sp³-hybridized carbons (Fsp3) is 0.658. The first kappa shape index (κ1) is 55.2. The van der Waals surface area contributed by atoms with Crippen molar-refractivity contribution >= 4 is 0 Å². The van der Waals surface area contributed by atoms with E-state index in [1.165, 1.54) is 48.8 Å². The van der Waals surface area contributed by atoms with Crippen LogP contribution in [0.4, 0.5) is 0 Å². The minimum absolute atomic E-state index is 0. The molecule has 0 nitrogen and oxygen atoms in total. The third-order valence-corrected chi connectivity index (χ3v) is 6.42. The summed E-state index contributed by atoms with van der Waals surface area (Å²) in [5, 5.41) is 0. The van der Waals surface area contributed by atoms with Crippen LogP contribution in [-0.4, -0.2) is 0 Å². The average molecular weight is 792 g/mol. The van der Waals surface area contributed by atoms with Gasteiger partial charge in [-0.25, -0.2) is 6.42 Å². The SMILES string of the molecule is CC.CC.CC.CC.CCC.CCC.Cc1cc2c(c([C@@H]3c4cc[c-]cc4C[CH-]C3C)c1C)CC[C@@H](C)C2.[Y].[Y].[Y]. The van der Waals surface area contributed by atoms with Gasteiger partial charge in [0.2, 0.25) is 0 Å². The first-order valence-corrected chi connectivity index (χ1v) is 16.3. The fourth-order valence-electron chi connectivity index (χ4n) is 4.94. The number of rotatable bonds is 1. The van der Waals surface area contributed by atoms with E-state index in [4.69, 9.17) is 0 Å². The van der Waals surface area contributed by atoms with Crippen molar-refractivity contribution in [3.05, 3.63) is 75.7 Å². The summed E-state index contributed by atoms with van der Waals surface area (Å²) >= 11 is 0. The second-order valence-electron chi connectivity index (χ2n) is 9.53. The van der Waals surface area contributed by atoms with E-state index in [-0.39, 0.29) is 98.1 Å². The average Bonchev–Trinajstić information content (AvgIpc) is 2.95. The van der Waals surface area contributed by atoms with Gasteiger partial charge in [-0.3, -0.25) is 0 Å². The maximum Gasteiger partial charge on any atom is 0 e. The van der Waals surface area contributed by atoms with Crippen LogP contribution in [0.15, 0.2) is 24.3 Å². The number of benzene rings is 2. The molecule has 4 rings (SSSR count). The van der Waals surface area contributed by atoms with Gasteiger partial charge in [-0.2, -0.15) is 41.3 Å². The van der Waals surface area contributed by atoms with Gasteiger partial charge in [0.1, 0.15) is 0 Å². The molecule has 1 unspecified atom stereocenters. The predicted octanol–water partition coefficient (Wildman–Crippen LogP) is 12.7. The molecule has 0 saturated heterocycles. The van der Waals surface area contributed by atoms with Crippen molar-refractivity contribution in [2.75, 3.05) is 0 Å². The molecule has 0 bridgehead atoms. The Balaban J connectivity index is -0.000000157. The Bertz CT molecular complexity index is 811. The summed E-state index contributed by atoms with van der Waals surface area (Å²) in [5.74, 6) is 1.94. The Morgan fingerprint density at radius 3 is 1.78 bits per heavy atom. The molecule has 3 heteroatoms. The van der Waals surface area contributed by atoms with Crippen molar-refractivity contribution in [2.24, 2.45) is 11.8 Å². The van der Waals surface area contributed by atoms with E-state index in [9.17, 15) is 0 Å². The Labute approximate surface area is 336 Å². The minimum Gasteiger partial charge on any atom is -0.332 e. The van der Waals surface area contributed by atoms with Crippen LogP contribution in [-0.2, 0) is 117 Å². The van der Waals surface area contributed by atoms with Crippen molar-refractivity contribution in [3.8, 4) is 0 Å². The van der Waals surface area contributed by atoms with Crippen molar-refractivity contribution < 1.29 is 98.1 Å². The van der Waals surface area contributed by atoms with E-state index in [1.54, 1.807) is 22.3 Å². The number of aryl methyl sites for hydroxylation is 1. The number of hydrogen-bond acceptors (Lipinski definition) is 0. The first-order chi connectivity index (χ1) is 18.4. The molecule has 2 aromatic carbocycles. The van der Waals surface area contributed by atoms with Crippen LogP contribution in [0.1, 0.15) is 161 Å². The summed E-state index contributed by atoms with van der Waals surface area (Å²) in [6, 6.07) is 12.4. The Morgan fingerprint density at radius 1 is 0.805 bits per heavy atom. The van der Waals surface area contributed by atoms with Crippen molar-refractivity contribution in [1.29, 1.82) is 0 Å². The molecular formula is C38H68Y3-2. The van der Waals surface area contributed by atoms with Gasteiger partial charge in [0, 0.05) is 98.1 Å². The molecular weight excluding hydrogens is 723 g/mol. The first-order valence-electron chi connectivity index (χ1n) is 16.3. The molecule has 2 aromatic rings. The zero-order valence-electron chi connectivity index (χ0n) is 30.6. The van der Waals surface area contributed by atoms with Gasteiger partial charge in [0.25, 0.3) is 0 Å². The molecule has 0 N–H and O–H groups in total. The maximum atomic E-state index is 3.28. The molecule has 0 fully saturated rings. The van der Waals surface area contributed by atoms with Crippen LogP contribution in [0.3, 0.4) is 0 Å². The zero-order chi connectivity index (χ0) is 30.3. The second-order valence-corrected chi connectivity index (χ2v) is 9.53. The van der Waals surface area contributed by atoms with E-state index in [0.717, 1.165) is 12.3 Å². The van der Waals surface area contributed by atoms with Crippen LogP contribution >= 0.6 is 0 Å². The molecule has 0 aliphatic heterocycles. The quantitative estimate of drug-likeness (QED) is 0.252. The molecule has 0 heterocycles. The third-order valence-electron chi connectivity index (χ3n) is 6.42. The Morgan fingerprint density at radius 2 is 1.29 bits per heavy atom. The van der Waals surface area contributed by atoms with Crippen molar-refractivity contribution in [3.63, 3.8) is 0 Å². The van der Waals surface area contributed by atoms with Gasteiger partial charge in [-0.1, -0.05) is 116 Å². The Kier molecular flexibility index (Phi) is 48.7. The summed E-state index contributed by atoms with van der Waals surface area (Å²) in [5.41, 5.74) is 10.9. The second kappa shape index (κ2) is 36.2. The molecule has 0 amide bonds. The van der Waals surface area contributed by atoms with E-state index in [1.807, 2.05) is 55.4 Å². The topological polar surface area (TPSA) is 0 Å². The van der Waals surface area contributed by atoms with Crippen molar-refractivity contribution in [2.45, 2.75) is 155 Å². The van der Waals surface area contributed by atoms with E-state index < -0.39 is 0 Å². The maximum absolute atomic E-state index is 3.28. The molecule has 0 aromatic heterocycles. The molecule has 3 atom stereocenters. The van der Waals surface area contributed by atoms with Gasteiger partial charge in [0.15, 0.2) is 0 Å². The van der Waals surface area contributed by atoms with Gasteiger partial charge in [-0.15, -0.1) is 0 Å². The largest absolute Gasteiger partial charge is 0.332 e. The Hall–Kier alpha value is 1.75. The monoisotopic (exact) mass is 791 g/mol. The third kappa shape index (κ3) is 19.1. The smallest absolute Gasteiger partial charge is 0 e. The summed E-state index contributed by atoms with van der Waals surface area (Å²) in [6.07, 6.45) is 9.95. The number of fused-ring (bicyclic) bond motifs is 2. The molecule has 2 aliphatic rings. The normalized spacial score (nSPS) is 16.6. The molecule has 41 heavy (non-hydrogen) atoms. The van der Waals surface area contributed by atoms with Gasteiger partial charge < -0.3 is 6.42 Å². The fourth-order valence-corrected chi connectivity index (χ4v) is 4.94. The summed E-state index contributed by atoms with van der Waals surface area (Å²) < 4.78 is 0. The molecule has 2 aliphatic carbocycles. The summed E-state index contributed by atoms with van der Waals surface area (Å²) in [7, 11) is 0. The van der Waals surface area contributed by atoms with Crippen molar-refractivity contribution in [1.82, 2.24) is 0 Å². The number of hydrogen-bond donors (Lipinski definition) is 0. The van der Waals surface area contributed by atoms with E-state index >= 15 is 0 Å². The summed E-state index contributed by atoms with van der Waals surface area (Å²) in [4.78, 5) is 0. The van der Waals surface area contributed by atoms with Crippen LogP contribution in [0.5, 0.6) is 0 Å². The summed E-state index contributed by atoms with van der Waals surface area (Å²) in [6.45, 7) is 34.0. The van der Waals surface area contributed by atoms with Crippen LogP contribution < -0.4 is 0 Å². The van der Waals surface area contributed by atoms with Crippen LogP contribution in [0, 0.1) is 38.2 Å². The molecule has 0 saturated carbocycles. The molecule has 231 valence electrons. The minimum atomic E-state index is 0. The van der Waals surface area contributed by atoms with Gasteiger partial charge in [0.05, 0.1) is 0 Å². The molecule has 0 spiro atoms. The predicted molar refractivity (Wildman–Crippen MR) is 179 cm³/mol. The molecule has 3 radical (unpaired) electrons. The van der Waals surface area contributed by atoms with E-state index in [2.05, 4.69) is 92.1 Å².